The summed E-state index contributed by atoms with van der Waals surface area (Å²) >= 11 is 12.1. The number of fused-ring (bicyclic) bond motifs is 1. The van der Waals surface area contributed by atoms with E-state index in [4.69, 9.17) is 28.9 Å². The van der Waals surface area contributed by atoms with Crippen LogP contribution in [0.15, 0.2) is 30.3 Å². The molecule has 0 saturated heterocycles. The molecule has 5 nitrogen and oxygen atoms in total. The number of benzene rings is 1. The van der Waals surface area contributed by atoms with Crippen molar-refractivity contribution in [3.05, 3.63) is 46.2 Å². The average Bonchev–Trinajstić information content (AvgIpc) is 2.81. The van der Waals surface area contributed by atoms with Gasteiger partial charge in [-0.3, -0.25) is 0 Å². The summed E-state index contributed by atoms with van der Waals surface area (Å²) in [6, 6.07) is 8.69. The summed E-state index contributed by atoms with van der Waals surface area (Å²) in [7, 11) is 0. The Morgan fingerprint density at radius 3 is 2.65 bits per heavy atom. The second kappa shape index (κ2) is 5.01. The van der Waals surface area contributed by atoms with E-state index in [1.165, 1.54) is 0 Å². The van der Waals surface area contributed by atoms with Crippen molar-refractivity contribution in [2.24, 2.45) is 5.73 Å². The van der Waals surface area contributed by atoms with Gasteiger partial charge in [0.25, 0.3) is 0 Å². The van der Waals surface area contributed by atoms with E-state index >= 15 is 0 Å². The molecule has 0 radical (unpaired) electrons. The predicted octanol–water partition coefficient (Wildman–Crippen LogP) is 3.12. The fraction of sp³-hybridized carbons (Fsp3) is 0.154. The van der Waals surface area contributed by atoms with Gasteiger partial charge in [0.15, 0.2) is 11.5 Å². The molecule has 102 valence electrons. The molecule has 2 aromatic heterocycles. The molecule has 0 amide bonds. The van der Waals surface area contributed by atoms with Crippen LogP contribution in [-0.4, -0.2) is 19.8 Å². The fourth-order valence-electron chi connectivity index (χ4n) is 1.93. The number of hydrogen-bond acceptors (Lipinski definition) is 4. The molecule has 20 heavy (non-hydrogen) atoms. The molecule has 1 atom stereocenters. The lowest BCUT2D eigenvalue weighted by molar-refractivity contribution is 0.696. The van der Waals surface area contributed by atoms with Gasteiger partial charge >= 0.3 is 0 Å². The zero-order valence-corrected chi connectivity index (χ0v) is 12.1. The Kier molecular flexibility index (Phi) is 3.33. The van der Waals surface area contributed by atoms with Gasteiger partial charge in [-0.25, -0.2) is 0 Å². The number of halogens is 2. The van der Waals surface area contributed by atoms with Crippen LogP contribution in [0.5, 0.6) is 0 Å². The molecule has 3 rings (SSSR count). The molecule has 2 heterocycles. The first kappa shape index (κ1) is 13.3. The molecule has 0 aliphatic carbocycles. The normalized spacial score (nSPS) is 12.8. The largest absolute Gasteiger partial charge is 0.321 e. The second-order valence-electron chi connectivity index (χ2n) is 4.46. The third kappa shape index (κ3) is 2.24. The van der Waals surface area contributed by atoms with Gasteiger partial charge in [0, 0.05) is 10.6 Å². The molecule has 0 saturated carbocycles. The van der Waals surface area contributed by atoms with Crippen LogP contribution in [-0.2, 0) is 0 Å². The molecule has 7 heteroatoms. The Morgan fingerprint density at radius 1 is 1.15 bits per heavy atom. The van der Waals surface area contributed by atoms with Crippen LogP contribution in [0.4, 0.5) is 0 Å². The molecule has 0 fully saturated rings. The van der Waals surface area contributed by atoms with Crippen LogP contribution in [0.3, 0.4) is 0 Å². The molecule has 3 aromatic rings. The van der Waals surface area contributed by atoms with Gasteiger partial charge in [0.05, 0.1) is 16.8 Å². The van der Waals surface area contributed by atoms with Crippen molar-refractivity contribution in [3.63, 3.8) is 0 Å². The third-order valence-electron chi connectivity index (χ3n) is 2.90. The van der Waals surface area contributed by atoms with E-state index in [0.29, 0.717) is 27.2 Å². The van der Waals surface area contributed by atoms with Gasteiger partial charge in [-0.2, -0.15) is 9.61 Å². The smallest absolute Gasteiger partial charge is 0.178 e. The van der Waals surface area contributed by atoms with Crippen LogP contribution >= 0.6 is 23.2 Å². The summed E-state index contributed by atoms with van der Waals surface area (Å²) in [6.45, 7) is 1.83. The van der Waals surface area contributed by atoms with Crippen LogP contribution in [0, 0.1) is 0 Å². The van der Waals surface area contributed by atoms with E-state index in [2.05, 4.69) is 15.3 Å². The molecule has 0 aliphatic rings. The molecule has 2 N–H and O–H groups in total. The lowest BCUT2D eigenvalue weighted by Gasteiger charge is -2.06. The summed E-state index contributed by atoms with van der Waals surface area (Å²) in [5, 5.41) is 13.7. The van der Waals surface area contributed by atoms with E-state index in [9.17, 15) is 0 Å². The first-order chi connectivity index (χ1) is 9.56. The van der Waals surface area contributed by atoms with Crippen LogP contribution in [0.2, 0.25) is 10.0 Å². The van der Waals surface area contributed by atoms with Gasteiger partial charge in [-0.15, -0.1) is 10.2 Å². The Balaban J connectivity index is 2.19. The van der Waals surface area contributed by atoms with Gasteiger partial charge < -0.3 is 5.73 Å². The molecular weight excluding hydrogens is 297 g/mol. The zero-order valence-electron chi connectivity index (χ0n) is 10.6. The maximum Gasteiger partial charge on any atom is 0.178 e. The Hall–Kier alpha value is -1.69. The molecule has 1 aromatic carbocycles. The molecule has 0 spiro atoms. The van der Waals surface area contributed by atoms with Gasteiger partial charge in [-0.1, -0.05) is 23.2 Å². The van der Waals surface area contributed by atoms with E-state index in [1.54, 1.807) is 16.6 Å². The highest BCUT2D eigenvalue weighted by molar-refractivity contribution is 6.36. The lowest BCUT2D eigenvalue weighted by atomic mass is 10.1. The van der Waals surface area contributed by atoms with Crippen molar-refractivity contribution in [1.82, 2.24) is 19.8 Å². The lowest BCUT2D eigenvalue weighted by Crippen LogP contribution is -2.11. The Bertz CT molecular complexity index is 782. The van der Waals surface area contributed by atoms with Crippen molar-refractivity contribution >= 4 is 28.8 Å². The number of aromatic nitrogens is 4. The number of nitrogens with two attached hydrogens (primary N) is 1. The Morgan fingerprint density at radius 2 is 1.95 bits per heavy atom. The van der Waals surface area contributed by atoms with E-state index in [-0.39, 0.29) is 6.04 Å². The monoisotopic (exact) mass is 307 g/mol. The van der Waals surface area contributed by atoms with Gasteiger partial charge in [0.2, 0.25) is 0 Å². The number of rotatable bonds is 2. The standard InChI is InChI=1S/C13H11Cl2N5/c1-7(16)13-18-17-12-5-4-11(19-20(12)13)9-3-2-8(14)6-10(9)15/h2-7H,16H2,1H3/t7-/m1/s1. The minimum atomic E-state index is -0.256. The summed E-state index contributed by atoms with van der Waals surface area (Å²) in [5.41, 5.74) is 8.00. The summed E-state index contributed by atoms with van der Waals surface area (Å²) < 4.78 is 1.63. The van der Waals surface area contributed by atoms with Crippen molar-refractivity contribution in [2.45, 2.75) is 13.0 Å². The zero-order chi connectivity index (χ0) is 14.3. The van der Waals surface area contributed by atoms with Crippen molar-refractivity contribution < 1.29 is 0 Å². The molecule has 0 unspecified atom stereocenters. The third-order valence-corrected chi connectivity index (χ3v) is 3.45. The van der Waals surface area contributed by atoms with E-state index in [0.717, 1.165) is 5.56 Å². The highest BCUT2D eigenvalue weighted by atomic mass is 35.5. The van der Waals surface area contributed by atoms with Crippen LogP contribution in [0.25, 0.3) is 16.9 Å². The summed E-state index contributed by atoms with van der Waals surface area (Å²) in [6.07, 6.45) is 0. The molecule has 0 aliphatic heterocycles. The van der Waals surface area contributed by atoms with Crippen LogP contribution in [0.1, 0.15) is 18.8 Å². The first-order valence-electron chi connectivity index (χ1n) is 5.99. The summed E-state index contributed by atoms with van der Waals surface area (Å²) in [5.74, 6) is 0.604. The van der Waals surface area contributed by atoms with Crippen molar-refractivity contribution in [1.29, 1.82) is 0 Å². The van der Waals surface area contributed by atoms with E-state index < -0.39 is 0 Å². The molecular formula is C13H11Cl2N5. The maximum atomic E-state index is 6.20. The highest BCUT2D eigenvalue weighted by Gasteiger charge is 2.13. The quantitative estimate of drug-likeness (QED) is 0.789. The predicted molar refractivity (Wildman–Crippen MR) is 78.8 cm³/mol. The minimum Gasteiger partial charge on any atom is -0.321 e. The van der Waals surface area contributed by atoms with Gasteiger partial charge in [-0.05, 0) is 37.3 Å². The molecule has 0 bridgehead atoms. The van der Waals surface area contributed by atoms with Gasteiger partial charge in [0.1, 0.15) is 0 Å². The first-order valence-corrected chi connectivity index (χ1v) is 6.75. The van der Waals surface area contributed by atoms with Crippen molar-refractivity contribution in [3.8, 4) is 11.3 Å². The summed E-state index contributed by atoms with van der Waals surface area (Å²) in [4.78, 5) is 0. The van der Waals surface area contributed by atoms with E-state index in [1.807, 2.05) is 25.1 Å². The maximum absolute atomic E-state index is 6.20. The van der Waals surface area contributed by atoms with Crippen molar-refractivity contribution in [2.75, 3.05) is 0 Å². The SMILES string of the molecule is C[C@@H](N)c1nnc2ccc(-c3ccc(Cl)cc3Cl)nn12. The van der Waals surface area contributed by atoms with Crippen LogP contribution < -0.4 is 5.73 Å². The highest BCUT2D eigenvalue weighted by Crippen LogP contribution is 2.29. The number of hydrogen-bond donors (Lipinski definition) is 1. The average molecular weight is 308 g/mol. The number of nitrogens with zero attached hydrogens (tertiary/aromatic N) is 4. The Labute approximate surface area is 125 Å². The second-order valence-corrected chi connectivity index (χ2v) is 5.30. The minimum absolute atomic E-state index is 0.256. The fourth-order valence-corrected chi connectivity index (χ4v) is 2.44. The topological polar surface area (TPSA) is 69.1 Å².